The minimum absolute atomic E-state index is 0.392. The van der Waals surface area contributed by atoms with Crippen LogP contribution >= 0.6 is 0 Å². The Labute approximate surface area is 101 Å². The van der Waals surface area contributed by atoms with Crippen molar-refractivity contribution in [2.75, 3.05) is 0 Å². The molecule has 1 aliphatic rings. The third-order valence-electron chi connectivity index (χ3n) is 2.44. The summed E-state index contributed by atoms with van der Waals surface area (Å²) in [5.74, 6) is -0.671. The Morgan fingerprint density at radius 3 is 2.41 bits per heavy atom. The van der Waals surface area contributed by atoms with Gasteiger partial charge in [-0.1, -0.05) is 0 Å². The molecule has 17 heavy (non-hydrogen) atoms. The van der Waals surface area contributed by atoms with Gasteiger partial charge in [0.1, 0.15) is 5.78 Å². The average Bonchev–Trinajstić information content (AvgIpc) is 2.71. The van der Waals surface area contributed by atoms with Gasteiger partial charge >= 0.3 is 0 Å². The highest BCUT2D eigenvalue weighted by atomic mass is 16.5. The Hall–Kier alpha value is -1.20. The van der Waals surface area contributed by atoms with Gasteiger partial charge in [-0.15, -0.1) is 0 Å². The first-order valence-electron chi connectivity index (χ1n) is 5.70. The maximum Gasteiger partial charge on any atom is 0.156 e. The van der Waals surface area contributed by atoms with Crippen molar-refractivity contribution in [3.05, 3.63) is 18.0 Å². The van der Waals surface area contributed by atoms with Crippen LogP contribution in [-0.2, 0) is 11.8 Å². The number of hydrogen-bond donors (Lipinski definition) is 2. The van der Waals surface area contributed by atoms with Crippen molar-refractivity contribution < 1.29 is 15.0 Å². The maximum absolute atomic E-state index is 11.0. The number of Topliss-reactive ketones (excluding diaryl/α,β-unsaturated/α-hetero) is 1. The molecular formula is C12H20N2O3. The molecule has 1 aromatic heterocycles. The fourth-order valence-corrected chi connectivity index (χ4v) is 1.75. The van der Waals surface area contributed by atoms with Crippen molar-refractivity contribution in [2.45, 2.75) is 44.8 Å². The Morgan fingerprint density at radius 2 is 2.06 bits per heavy atom. The zero-order valence-corrected chi connectivity index (χ0v) is 10.6. The molecule has 0 aliphatic heterocycles. The normalized spacial score (nSPS) is 20.1. The first-order chi connectivity index (χ1) is 7.75. The highest BCUT2D eigenvalue weighted by Crippen LogP contribution is 2.31. The molecule has 0 spiro atoms. The van der Waals surface area contributed by atoms with Gasteiger partial charge in [0.25, 0.3) is 0 Å². The van der Waals surface area contributed by atoms with Crippen molar-refractivity contribution in [1.82, 2.24) is 9.78 Å². The standard InChI is InChI=1S/C9H12N2O.C3H8O2/c1-11-6-8(5-10-11)7-2-3-9(12)4-7;1-3(2,4)5/h5-7H,2-4H2,1H3;4-5H,1-2H3. The second-order valence-electron chi connectivity index (χ2n) is 4.92. The van der Waals surface area contributed by atoms with Crippen molar-refractivity contribution in [3.8, 4) is 0 Å². The molecule has 0 amide bonds. The molecule has 1 atom stereocenters. The van der Waals surface area contributed by atoms with Crippen molar-refractivity contribution in [1.29, 1.82) is 0 Å². The average molecular weight is 240 g/mol. The molecule has 5 heteroatoms. The molecule has 2 N–H and O–H groups in total. The molecule has 5 nitrogen and oxygen atoms in total. The Kier molecular flexibility index (Phi) is 4.42. The molecule has 1 unspecified atom stereocenters. The van der Waals surface area contributed by atoms with Crippen molar-refractivity contribution in [3.63, 3.8) is 0 Å². The summed E-state index contributed by atoms with van der Waals surface area (Å²) >= 11 is 0. The zero-order valence-electron chi connectivity index (χ0n) is 10.6. The number of carbonyl (C=O) groups excluding carboxylic acids is 1. The van der Waals surface area contributed by atoms with Crippen LogP contribution in [0.1, 0.15) is 44.6 Å². The number of hydrogen-bond acceptors (Lipinski definition) is 4. The number of nitrogens with zero attached hydrogens (tertiary/aromatic N) is 2. The van der Waals surface area contributed by atoms with E-state index in [0.29, 0.717) is 18.1 Å². The van der Waals surface area contributed by atoms with Crippen LogP contribution in [0.4, 0.5) is 0 Å². The Morgan fingerprint density at radius 1 is 1.47 bits per heavy atom. The van der Waals surface area contributed by atoms with Gasteiger partial charge in [-0.3, -0.25) is 9.48 Å². The molecule has 0 aromatic carbocycles. The van der Waals surface area contributed by atoms with E-state index < -0.39 is 5.79 Å². The lowest BCUT2D eigenvalue weighted by molar-refractivity contribution is -0.127. The molecule has 1 heterocycles. The van der Waals surface area contributed by atoms with E-state index in [1.165, 1.54) is 19.4 Å². The van der Waals surface area contributed by atoms with Gasteiger partial charge in [-0.2, -0.15) is 5.10 Å². The first-order valence-corrected chi connectivity index (χ1v) is 5.70. The predicted octanol–water partition coefficient (Wildman–Crippen LogP) is 0.964. The summed E-state index contributed by atoms with van der Waals surface area (Å²) in [5.41, 5.74) is 1.21. The highest BCUT2D eigenvalue weighted by Gasteiger charge is 2.24. The monoisotopic (exact) mass is 240 g/mol. The summed E-state index contributed by atoms with van der Waals surface area (Å²) in [6.45, 7) is 2.60. The Bertz CT molecular complexity index is 373. The fourth-order valence-electron chi connectivity index (χ4n) is 1.75. The van der Waals surface area contributed by atoms with E-state index in [0.717, 1.165) is 12.8 Å². The molecule has 96 valence electrons. The number of carbonyl (C=O) groups is 1. The summed E-state index contributed by atoms with van der Waals surface area (Å²) < 4.78 is 1.79. The summed E-state index contributed by atoms with van der Waals surface area (Å²) in [4.78, 5) is 11.0. The lowest BCUT2D eigenvalue weighted by atomic mass is 10.0. The van der Waals surface area contributed by atoms with Crippen LogP contribution in [0.3, 0.4) is 0 Å². The van der Waals surface area contributed by atoms with E-state index in [-0.39, 0.29) is 0 Å². The van der Waals surface area contributed by atoms with Gasteiger partial charge < -0.3 is 10.2 Å². The minimum Gasteiger partial charge on any atom is -0.366 e. The van der Waals surface area contributed by atoms with Crippen molar-refractivity contribution in [2.24, 2.45) is 7.05 Å². The van der Waals surface area contributed by atoms with E-state index in [1.807, 2.05) is 19.4 Å². The quantitative estimate of drug-likeness (QED) is 0.717. The molecule has 1 aliphatic carbocycles. The van der Waals surface area contributed by atoms with E-state index in [9.17, 15) is 4.79 Å². The smallest absolute Gasteiger partial charge is 0.156 e. The number of aliphatic hydroxyl groups is 2. The first kappa shape index (κ1) is 13.9. The number of aromatic nitrogens is 2. The number of aryl methyl sites for hydroxylation is 1. The highest BCUT2D eigenvalue weighted by molar-refractivity contribution is 5.81. The third-order valence-corrected chi connectivity index (χ3v) is 2.44. The van der Waals surface area contributed by atoms with Gasteiger partial charge in [-0.25, -0.2) is 0 Å². The van der Waals surface area contributed by atoms with Gasteiger partial charge in [0.2, 0.25) is 0 Å². The second-order valence-corrected chi connectivity index (χ2v) is 4.92. The summed E-state index contributed by atoms with van der Waals surface area (Å²) in [6.07, 6.45) is 6.34. The van der Waals surface area contributed by atoms with Gasteiger partial charge in [0.15, 0.2) is 5.79 Å². The predicted molar refractivity (Wildman–Crippen MR) is 63.3 cm³/mol. The summed E-state index contributed by atoms with van der Waals surface area (Å²) in [5, 5.41) is 20.2. The van der Waals surface area contributed by atoms with E-state index in [1.54, 1.807) is 4.68 Å². The molecule has 1 saturated carbocycles. The van der Waals surface area contributed by atoms with Crippen LogP contribution in [0, 0.1) is 0 Å². The van der Waals surface area contributed by atoms with Crippen LogP contribution in [0.25, 0.3) is 0 Å². The second kappa shape index (κ2) is 5.42. The molecule has 1 aromatic rings. The van der Waals surface area contributed by atoms with Gasteiger partial charge in [0, 0.05) is 26.1 Å². The van der Waals surface area contributed by atoms with Crippen LogP contribution in [0.2, 0.25) is 0 Å². The van der Waals surface area contributed by atoms with Crippen LogP contribution in [-0.4, -0.2) is 31.6 Å². The van der Waals surface area contributed by atoms with Crippen LogP contribution < -0.4 is 0 Å². The topological polar surface area (TPSA) is 75.3 Å². The molecular weight excluding hydrogens is 220 g/mol. The molecule has 1 fully saturated rings. The third kappa shape index (κ3) is 5.60. The largest absolute Gasteiger partial charge is 0.366 e. The SMILES string of the molecule is CC(C)(O)O.Cn1cc(C2CCC(=O)C2)cn1. The Balaban J connectivity index is 0.000000249. The lowest BCUT2D eigenvalue weighted by Crippen LogP contribution is -2.15. The molecule has 0 radical (unpaired) electrons. The number of ketones is 1. The van der Waals surface area contributed by atoms with E-state index in [2.05, 4.69) is 5.10 Å². The molecule has 2 rings (SSSR count). The van der Waals surface area contributed by atoms with E-state index in [4.69, 9.17) is 10.2 Å². The zero-order chi connectivity index (χ0) is 13.1. The van der Waals surface area contributed by atoms with Gasteiger partial charge in [0.05, 0.1) is 6.20 Å². The van der Waals surface area contributed by atoms with Crippen molar-refractivity contribution >= 4 is 5.78 Å². The molecule has 0 bridgehead atoms. The minimum atomic E-state index is -1.50. The van der Waals surface area contributed by atoms with Gasteiger partial charge in [-0.05, 0) is 31.7 Å². The maximum atomic E-state index is 11.0. The van der Waals surface area contributed by atoms with Crippen LogP contribution in [0.5, 0.6) is 0 Å². The molecule has 0 saturated heterocycles. The lowest BCUT2D eigenvalue weighted by Gasteiger charge is -2.03. The fraction of sp³-hybridized carbons (Fsp3) is 0.667. The number of rotatable bonds is 1. The van der Waals surface area contributed by atoms with E-state index >= 15 is 0 Å². The van der Waals surface area contributed by atoms with Crippen LogP contribution in [0.15, 0.2) is 12.4 Å². The summed E-state index contributed by atoms with van der Waals surface area (Å²) in [6, 6.07) is 0. The summed E-state index contributed by atoms with van der Waals surface area (Å²) in [7, 11) is 1.90.